The Morgan fingerprint density at radius 1 is 1.03 bits per heavy atom. The third-order valence-corrected chi connectivity index (χ3v) is 3.96. The van der Waals surface area contributed by atoms with Crippen LogP contribution in [0, 0.1) is 0 Å². The van der Waals surface area contributed by atoms with E-state index in [1.54, 1.807) is 37.4 Å². The van der Waals surface area contributed by atoms with Crippen molar-refractivity contribution in [2.45, 2.75) is 6.92 Å². The second-order valence-electron chi connectivity index (χ2n) is 6.04. The molecule has 2 heterocycles. The van der Waals surface area contributed by atoms with Gasteiger partial charge in [-0.1, -0.05) is 30.3 Å². The maximum atomic E-state index is 11.8. The van der Waals surface area contributed by atoms with Gasteiger partial charge in [-0.05, 0) is 47.1 Å². The summed E-state index contributed by atoms with van der Waals surface area (Å²) in [5.41, 5.74) is 5.41. The first-order valence-corrected chi connectivity index (χ1v) is 9.11. The van der Waals surface area contributed by atoms with E-state index in [-0.39, 0.29) is 17.3 Å². The molecule has 0 saturated carbocycles. The fourth-order valence-electron chi connectivity index (χ4n) is 2.55. The number of hydrazone groups is 1. The highest BCUT2D eigenvalue weighted by Gasteiger charge is 2.13. The van der Waals surface area contributed by atoms with E-state index in [1.807, 2.05) is 30.3 Å². The summed E-state index contributed by atoms with van der Waals surface area (Å²) in [5.74, 6) is 0.323. The number of aromatic nitrogens is 4. The van der Waals surface area contributed by atoms with Crippen LogP contribution in [0.25, 0.3) is 11.3 Å². The molecule has 10 nitrogen and oxygen atoms in total. The van der Waals surface area contributed by atoms with Crippen LogP contribution < -0.4 is 10.7 Å². The van der Waals surface area contributed by atoms with E-state index in [4.69, 9.17) is 9.37 Å². The topological polar surface area (TPSA) is 127 Å². The minimum Gasteiger partial charge on any atom is -0.462 e. The number of carbonyl (C=O) groups is 1. The van der Waals surface area contributed by atoms with Crippen molar-refractivity contribution in [1.82, 2.24) is 20.3 Å². The molecule has 0 aliphatic heterocycles. The highest BCUT2D eigenvalue weighted by Crippen LogP contribution is 2.24. The van der Waals surface area contributed by atoms with Crippen LogP contribution >= 0.6 is 0 Å². The number of fused-ring (bicyclic) bond motifs is 1. The zero-order valence-electron chi connectivity index (χ0n) is 15.9. The Kier molecular flexibility index (Phi) is 5.56. The first-order valence-electron chi connectivity index (χ1n) is 9.11. The molecule has 4 rings (SSSR count). The van der Waals surface area contributed by atoms with E-state index in [2.05, 4.69) is 36.1 Å². The van der Waals surface area contributed by atoms with Crippen LogP contribution in [0.1, 0.15) is 22.8 Å². The van der Waals surface area contributed by atoms with Crippen molar-refractivity contribution in [3.05, 3.63) is 65.7 Å². The van der Waals surface area contributed by atoms with E-state index in [0.29, 0.717) is 29.5 Å². The van der Waals surface area contributed by atoms with Gasteiger partial charge in [-0.2, -0.15) is 10.1 Å². The lowest BCUT2D eigenvalue weighted by Gasteiger charge is -2.10. The summed E-state index contributed by atoms with van der Waals surface area (Å²) in [6.45, 7) is 2.08. The summed E-state index contributed by atoms with van der Waals surface area (Å²) in [6.07, 6.45) is 1.66. The first-order chi connectivity index (χ1) is 14.7. The fourth-order valence-corrected chi connectivity index (χ4v) is 2.55. The Morgan fingerprint density at radius 3 is 2.43 bits per heavy atom. The Bertz CT molecular complexity index is 1170. The van der Waals surface area contributed by atoms with Crippen molar-refractivity contribution in [3.63, 3.8) is 0 Å². The lowest BCUT2D eigenvalue weighted by molar-refractivity contribution is 0.0526. The predicted octanol–water partition coefficient (Wildman–Crippen LogP) is 3.38. The fraction of sp³-hybridized carbons (Fsp3) is 0.100. The number of carbonyl (C=O) groups excluding carboxylic acids is 1. The van der Waals surface area contributed by atoms with Crippen molar-refractivity contribution in [1.29, 1.82) is 0 Å². The van der Waals surface area contributed by atoms with Gasteiger partial charge in [0.05, 0.1) is 18.4 Å². The van der Waals surface area contributed by atoms with E-state index < -0.39 is 0 Å². The minimum atomic E-state index is -0.378. The van der Waals surface area contributed by atoms with Crippen LogP contribution in [-0.4, -0.2) is 39.1 Å². The number of benzene rings is 2. The van der Waals surface area contributed by atoms with Gasteiger partial charge in [-0.3, -0.25) is 5.43 Å². The molecule has 0 bridgehead atoms. The van der Waals surface area contributed by atoms with Crippen LogP contribution in [-0.2, 0) is 4.74 Å². The molecule has 0 spiro atoms. The molecule has 10 heteroatoms. The van der Waals surface area contributed by atoms with Gasteiger partial charge in [0.2, 0.25) is 11.3 Å². The smallest absolute Gasteiger partial charge is 0.338 e. The second kappa shape index (κ2) is 8.78. The second-order valence-corrected chi connectivity index (χ2v) is 6.04. The molecule has 0 aliphatic carbocycles. The summed E-state index contributed by atoms with van der Waals surface area (Å²) in [7, 11) is 0. The van der Waals surface area contributed by atoms with Crippen LogP contribution in [0.15, 0.2) is 64.3 Å². The van der Waals surface area contributed by atoms with E-state index >= 15 is 0 Å². The number of nitrogens with zero attached hydrogens (tertiary/aromatic N) is 5. The van der Waals surface area contributed by atoms with Crippen molar-refractivity contribution < 1.29 is 14.2 Å². The lowest BCUT2D eigenvalue weighted by Crippen LogP contribution is -2.05. The van der Waals surface area contributed by atoms with Crippen molar-refractivity contribution >= 4 is 40.8 Å². The molecule has 2 aromatic carbocycles. The van der Waals surface area contributed by atoms with Crippen molar-refractivity contribution in [2.24, 2.45) is 5.10 Å². The van der Waals surface area contributed by atoms with E-state index in [0.717, 1.165) is 5.56 Å². The lowest BCUT2D eigenvalue weighted by atomic mass is 10.2. The van der Waals surface area contributed by atoms with Gasteiger partial charge in [0.1, 0.15) is 0 Å². The highest BCUT2D eigenvalue weighted by molar-refractivity contribution is 5.90. The van der Waals surface area contributed by atoms with Crippen LogP contribution in [0.5, 0.6) is 0 Å². The minimum absolute atomic E-state index is 0.246. The van der Waals surface area contributed by atoms with Gasteiger partial charge in [-0.25, -0.2) is 14.4 Å². The van der Waals surface area contributed by atoms with Crippen molar-refractivity contribution in [2.75, 3.05) is 17.3 Å². The molecule has 2 N–H and O–H groups in total. The van der Waals surface area contributed by atoms with Gasteiger partial charge in [-0.15, -0.1) is 0 Å². The average Bonchev–Trinajstić information content (AvgIpc) is 3.22. The molecule has 0 unspecified atom stereocenters. The summed E-state index contributed by atoms with van der Waals surface area (Å²) in [6, 6.07) is 16.4. The van der Waals surface area contributed by atoms with Gasteiger partial charge >= 0.3 is 5.97 Å². The monoisotopic (exact) mass is 403 g/mol. The quantitative estimate of drug-likeness (QED) is 0.271. The number of hydrogen-bond donors (Lipinski definition) is 2. The summed E-state index contributed by atoms with van der Waals surface area (Å²) < 4.78 is 9.69. The zero-order chi connectivity index (χ0) is 20.8. The normalized spacial score (nSPS) is 11.0. The summed E-state index contributed by atoms with van der Waals surface area (Å²) in [4.78, 5) is 20.5. The van der Waals surface area contributed by atoms with Gasteiger partial charge in [0.25, 0.3) is 0 Å². The number of rotatable bonds is 7. The number of hydrogen-bond acceptors (Lipinski definition) is 10. The van der Waals surface area contributed by atoms with Crippen LogP contribution in [0.2, 0.25) is 0 Å². The van der Waals surface area contributed by atoms with Gasteiger partial charge < -0.3 is 10.1 Å². The maximum absolute atomic E-state index is 11.8. The van der Waals surface area contributed by atoms with E-state index in [1.165, 1.54) is 0 Å². The number of anilines is 3. The van der Waals surface area contributed by atoms with Gasteiger partial charge in [0.15, 0.2) is 11.6 Å². The summed E-state index contributed by atoms with van der Waals surface area (Å²) >= 11 is 0. The molecule has 2 aromatic heterocycles. The molecule has 0 saturated heterocycles. The molecule has 0 fully saturated rings. The number of ether oxygens (including phenoxy) is 1. The first kappa shape index (κ1) is 19.0. The average molecular weight is 403 g/mol. The molecule has 0 aliphatic rings. The third-order valence-electron chi connectivity index (χ3n) is 3.96. The largest absolute Gasteiger partial charge is 0.462 e. The highest BCUT2D eigenvalue weighted by atomic mass is 16.6. The van der Waals surface area contributed by atoms with Gasteiger partial charge in [0, 0.05) is 5.69 Å². The Balaban J connectivity index is 1.57. The number of nitrogens with one attached hydrogen (secondary N) is 2. The van der Waals surface area contributed by atoms with E-state index in [9.17, 15) is 4.79 Å². The van der Waals surface area contributed by atoms with Crippen LogP contribution in [0.4, 0.5) is 17.3 Å². The molecule has 4 aromatic rings. The Morgan fingerprint density at radius 2 is 1.73 bits per heavy atom. The Labute approximate surface area is 171 Å². The zero-order valence-corrected chi connectivity index (χ0v) is 15.9. The molecule has 0 radical (unpaired) electrons. The number of esters is 1. The molecular weight excluding hydrogens is 386 g/mol. The standard InChI is InChI=1S/C20H17N7O3/c1-2-29-20(28)14-8-10-15(11-9-14)22-16-17(24-19-18(23-16)26-30-27-19)25-21-12-13-6-4-3-5-7-13/h3-12H,2H2,1H3,(H,22,23,26)(H,24,25,27)/b21-12+. The predicted molar refractivity (Wildman–Crippen MR) is 111 cm³/mol. The SMILES string of the molecule is CCOC(=O)c1ccc(Nc2nc3nonc3nc2N/N=C/c2ccccc2)cc1. The molecular formula is C20H17N7O3. The maximum Gasteiger partial charge on any atom is 0.338 e. The Hall–Kier alpha value is -4.34. The summed E-state index contributed by atoms with van der Waals surface area (Å²) in [5, 5.41) is 14.8. The third kappa shape index (κ3) is 4.38. The molecule has 150 valence electrons. The van der Waals surface area contributed by atoms with Crippen LogP contribution in [0.3, 0.4) is 0 Å². The molecule has 30 heavy (non-hydrogen) atoms. The van der Waals surface area contributed by atoms with Crippen molar-refractivity contribution in [3.8, 4) is 0 Å². The molecule has 0 atom stereocenters. The molecule has 0 amide bonds.